The van der Waals surface area contributed by atoms with Crippen molar-refractivity contribution in [2.75, 3.05) is 11.9 Å². The molecule has 0 saturated carbocycles. The molecule has 2 rings (SSSR count). The Hall–Kier alpha value is -2.04. The molecule has 0 spiro atoms. The van der Waals surface area contributed by atoms with Gasteiger partial charge < -0.3 is 15.0 Å². The molecule has 2 aromatic rings. The highest BCUT2D eigenvalue weighted by atomic mass is 16.5. The maximum Gasteiger partial charge on any atom is 0.169 e. The lowest BCUT2D eigenvalue weighted by Gasteiger charge is -2.09. The Balaban J connectivity index is 2.03. The molecule has 0 radical (unpaired) electrons. The van der Waals surface area contributed by atoms with Gasteiger partial charge in [0.25, 0.3) is 0 Å². The Labute approximate surface area is 93.9 Å². The SMILES string of the molecule is CCOc1cccnc1NCc1cnc[nH]1. The second-order valence-electron chi connectivity index (χ2n) is 3.21. The van der Waals surface area contributed by atoms with Gasteiger partial charge in [-0.2, -0.15) is 0 Å². The van der Waals surface area contributed by atoms with Gasteiger partial charge in [0.05, 0.1) is 25.2 Å². The van der Waals surface area contributed by atoms with Crippen molar-refractivity contribution in [3.05, 3.63) is 36.5 Å². The number of hydrogen-bond acceptors (Lipinski definition) is 4. The highest BCUT2D eigenvalue weighted by Gasteiger charge is 2.03. The number of nitrogens with zero attached hydrogens (tertiary/aromatic N) is 2. The third kappa shape index (κ3) is 2.50. The summed E-state index contributed by atoms with van der Waals surface area (Å²) in [5.41, 5.74) is 1.01. The van der Waals surface area contributed by atoms with Crippen LogP contribution in [0.5, 0.6) is 5.75 Å². The van der Waals surface area contributed by atoms with E-state index in [0.717, 1.165) is 17.3 Å². The minimum absolute atomic E-state index is 0.629. The maximum atomic E-state index is 5.46. The second kappa shape index (κ2) is 5.16. The first-order valence-electron chi connectivity index (χ1n) is 5.19. The Morgan fingerprint density at radius 2 is 2.44 bits per heavy atom. The van der Waals surface area contributed by atoms with E-state index in [1.165, 1.54) is 0 Å². The van der Waals surface area contributed by atoms with E-state index in [0.29, 0.717) is 13.2 Å². The van der Waals surface area contributed by atoms with Crippen LogP contribution in [0.3, 0.4) is 0 Å². The van der Waals surface area contributed by atoms with Crippen LogP contribution in [0.25, 0.3) is 0 Å². The molecule has 0 saturated heterocycles. The molecule has 0 fully saturated rings. The summed E-state index contributed by atoms with van der Waals surface area (Å²) in [4.78, 5) is 11.2. The average Bonchev–Trinajstić information content (AvgIpc) is 2.81. The van der Waals surface area contributed by atoms with Crippen LogP contribution in [0.2, 0.25) is 0 Å². The zero-order valence-corrected chi connectivity index (χ0v) is 9.10. The average molecular weight is 218 g/mol. The summed E-state index contributed by atoms with van der Waals surface area (Å²) in [6, 6.07) is 3.75. The van der Waals surface area contributed by atoms with E-state index in [-0.39, 0.29) is 0 Å². The van der Waals surface area contributed by atoms with Crippen molar-refractivity contribution in [1.82, 2.24) is 15.0 Å². The van der Waals surface area contributed by atoms with Gasteiger partial charge in [0.1, 0.15) is 0 Å². The molecule has 2 N–H and O–H groups in total. The monoisotopic (exact) mass is 218 g/mol. The lowest BCUT2D eigenvalue weighted by Crippen LogP contribution is -2.04. The Morgan fingerprint density at radius 3 is 3.19 bits per heavy atom. The quantitative estimate of drug-likeness (QED) is 0.803. The highest BCUT2D eigenvalue weighted by Crippen LogP contribution is 2.20. The molecule has 5 nitrogen and oxygen atoms in total. The van der Waals surface area contributed by atoms with Crippen molar-refractivity contribution < 1.29 is 4.74 Å². The first-order chi connectivity index (χ1) is 7.90. The number of aromatic nitrogens is 3. The molecule has 16 heavy (non-hydrogen) atoms. The number of anilines is 1. The van der Waals surface area contributed by atoms with Crippen molar-refractivity contribution in [3.63, 3.8) is 0 Å². The van der Waals surface area contributed by atoms with E-state index in [2.05, 4.69) is 20.3 Å². The van der Waals surface area contributed by atoms with Gasteiger partial charge in [-0.15, -0.1) is 0 Å². The Kier molecular flexibility index (Phi) is 3.38. The van der Waals surface area contributed by atoms with Crippen LogP contribution < -0.4 is 10.1 Å². The number of H-pyrrole nitrogens is 1. The molecule has 84 valence electrons. The summed E-state index contributed by atoms with van der Waals surface area (Å²) in [6.45, 7) is 3.23. The van der Waals surface area contributed by atoms with Crippen LogP contribution in [0, 0.1) is 0 Å². The van der Waals surface area contributed by atoms with Crippen LogP contribution >= 0.6 is 0 Å². The maximum absolute atomic E-state index is 5.46. The standard InChI is InChI=1S/C11H14N4O/c1-2-16-10-4-3-5-13-11(10)14-7-9-6-12-8-15-9/h3-6,8H,2,7H2,1H3,(H,12,15)(H,13,14). The minimum atomic E-state index is 0.629. The third-order valence-corrected chi connectivity index (χ3v) is 2.07. The normalized spacial score (nSPS) is 10.1. The summed E-state index contributed by atoms with van der Waals surface area (Å²) >= 11 is 0. The Bertz CT molecular complexity index is 427. The van der Waals surface area contributed by atoms with Gasteiger partial charge >= 0.3 is 0 Å². The zero-order chi connectivity index (χ0) is 11.2. The molecule has 0 aliphatic carbocycles. The van der Waals surface area contributed by atoms with Crippen molar-refractivity contribution in [1.29, 1.82) is 0 Å². The molecule has 0 aliphatic heterocycles. The van der Waals surface area contributed by atoms with E-state index in [1.54, 1.807) is 18.7 Å². The van der Waals surface area contributed by atoms with Gasteiger partial charge in [-0.25, -0.2) is 9.97 Å². The van der Waals surface area contributed by atoms with Gasteiger partial charge in [-0.3, -0.25) is 0 Å². The summed E-state index contributed by atoms with van der Waals surface area (Å²) in [5.74, 6) is 1.52. The number of hydrogen-bond donors (Lipinski definition) is 2. The second-order valence-corrected chi connectivity index (χ2v) is 3.21. The largest absolute Gasteiger partial charge is 0.490 e. The van der Waals surface area contributed by atoms with Gasteiger partial charge in [0.2, 0.25) is 0 Å². The van der Waals surface area contributed by atoms with Gasteiger partial charge in [-0.05, 0) is 19.1 Å². The molecule has 0 aliphatic rings. The highest BCUT2D eigenvalue weighted by molar-refractivity contribution is 5.49. The van der Waals surface area contributed by atoms with Crippen molar-refractivity contribution in [2.45, 2.75) is 13.5 Å². The molecule has 2 aromatic heterocycles. The summed E-state index contributed by atoms with van der Waals surface area (Å²) < 4.78 is 5.46. The lowest BCUT2D eigenvalue weighted by molar-refractivity contribution is 0.340. The Morgan fingerprint density at radius 1 is 1.50 bits per heavy atom. The van der Waals surface area contributed by atoms with Crippen molar-refractivity contribution >= 4 is 5.82 Å². The van der Waals surface area contributed by atoms with E-state index >= 15 is 0 Å². The van der Waals surface area contributed by atoms with Crippen molar-refractivity contribution in [2.24, 2.45) is 0 Å². The summed E-state index contributed by atoms with van der Waals surface area (Å²) in [5, 5.41) is 3.19. The summed E-state index contributed by atoms with van der Waals surface area (Å²) in [6.07, 6.45) is 5.16. The predicted octanol–water partition coefficient (Wildman–Crippen LogP) is 1.82. The molecule has 0 atom stereocenters. The number of aromatic amines is 1. The smallest absolute Gasteiger partial charge is 0.169 e. The van der Waals surface area contributed by atoms with Crippen LogP contribution in [0.1, 0.15) is 12.6 Å². The minimum Gasteiger partial charge on any atom is -0.490 e. The molecule has 0 bridgehead atoms. The van der Waals surface area contributed by atoms with E-state index in [1.807, 2.05) is 19.1 Å². The number of ether oxygens (including phenoxy) is 1. The van der Waals surface area contributed by atoms with E-state index in [4.69, 9.17) is 4.74 Å². The molecule has 0 amide bonds. The molecule has 5 heteroatoms. The van der Waals surface area contributed by atoms with Crippen LogP contribution in [0.4, 0.5) is 5.82 Å². The first-order valence-corrected chi connectivity index (χ1v) is 5.19. The summed E-state index contributed by atoms with van der Waals surface area (Å²) in [7, 11) is 0. The number of nitrogens with one attached hydrogen (secondary N) is 2. The van der Waals surface area contributed by atoms with Gasteiger partial charge in [0.15, 0.2) is 11.6 Å². The molecular weight excluding hydrogens is 204 g/mol. The van der Waals surface area contributed by atoms with E-state index in [9.17, 15) is 0 Å². The van der Waals surface area contributed by atoms with E-state index < -0.39 is 0 Å². The third-order valence-electron chi connectivity index (χ3n) is 2.07. The number of pyridine rings is 1. The molecule has 0 unspecified atom stereocenters. The van der Waals surface area contributed by atoms with Crippen LogP contribution in [-0.2, 0) is 6.54 Å². The van der Waals surface area contributed by atoms with Crippen LogP contribution in [-0.4, -0.2) is 21.6 Å². The lowest BCUT2D eigenvalue weighted by atomic mass is 10.4. The van der Waals surface area contributed by atoms with Crippen LogP contribution in [0.15, 0.2) is 30.9 Å². The molecular formula is C11H14N4O. The molecule has 2 heterocycles. The zero-order valence-electron chi connectivity index (χ0n) is 9.10. The van der Waals surface area contributed by atoms with Gasteiger partial charge in [0, 0.05) is 12.4 Å². The first kappa shape index (κ1) is 10.5. The number of imidazole rings is 1. The fourth-order valence-corrected chi connectivity index (χ4v) is 1.36. The molecule has 0 aromatic carbocycles. The number of rotatable bonds is 5. The fourth-order valence-electron chi connectivity index (χ4n) is 1.36. The fraction of sp³-hybridized carbons (Fsp3) is 0.273. The topological polar surface area (TPSA) is 62.8 Å². The van der Waals surface area contributed by atoms with Gasteiger partial charge in [-0.1, -0.05) is 0 Å². The van der Waals surface area contributed by atoms with Crippen molar-refractivity contribution in [3.8, 4) is 5.75 Å². The predicted molar refractivity (Wildman–Crippen MR) is 61.3 cm³/mol.